The number of aromatic carboxylic acids is 1. The first kappa shape index (κ1) is 17.3. The topological polar surface area (TPSA) is 127 Å². The van der Waals surface area contributed by atoms with Crippen molar-refractivity contribution in [2.24, 2.45) is 0 Å². The number of nitrogens with one attached hydrogen (secondary N) is 1. The molecular formula is C19H14N6O3. The molecule has 0 radical (unpaired) electrons. The number of benzene rings is 1. The molecule has 0 fully saturated rings. The van der Waals surface area contributed by atoms with Gasteiger partial charge in [-0.05, 0) is 30.3 Å². The maximum absolute atomic E-state index is 11.1. The number of carboxylic acids is 1. The Hall–Kier alpha value is -4.14. The van der Waals surface area contributed by atoms with E-state index in [0.29, 0.717) is 29.1 Å². The van der Waals surface area contributed by atoms with E-state index in [1.807, 2.05) is 30.3 Å². The number of rotatable bonds is 6. The highest BCUT2D eigenvalue weighted by Gasteiger charge is 2.10. The van der Waals surface area contributed by atoms with Gasteiger partial charge < -0.3 is 14.9 Å². The molecule has 138 valence electrons. The molecule has 0 atom stereocenters. The predicted molar refractivity (Wildman–Crippen MR) is 99.3 cm³/mol. The summed E-state index contributed by atoms with van der Waals surface area (Å²) in [6.07, 6.45) is 2.99. The highest BCUT2D eigenvalue weighted by Crippen LogP contribution is 2.18. The molecule has 0 saturated heterocycles. The lowest BCUT2D eigenvalue weighted by Gasteiger charge is -2.05. The Bertz CT molecular complexity index is 1110. The lowest BCUT2D eigenvalue weighted by molar-refractivity contribution is 0.0697. The Morgan fingerprint density at radius 1 is 1.00 bits per heavy atom. The van der Waals surface area contributed by atoms with Crippen molar-refractivity contribution in [2.75, 3.05) is 5.32 Å². The minimum Gasteiger partial charge on any atom is -0.478 e. The van der Waals surface area contributed by atoms with Crippen LogP contribution in [0.25, 0.3) is 22.8 Å². The molecule has 0 aliphatic carbocycles. The molecule has 4 aromatic rings. The van der Waals surface area contributed by atoms with Crippen molar-refractivity contribution < 1.29 is 14.4 Å². The summed E-state index contributed by atoms with van der Waals surface area (Å²) in [5.74, 6) is 0.203. The Kier molecular flexibility index (Phi) is 4.70. The summed E-state index contributed by atoms with van der Waals surface area (Å²) in [7, 11) is 0. The fourth-order valence-electron chi connectivity index (χ4n) is 2.47. The first-order valence-electron chi connectivity index (χ1n) is 8.34. The third kappa shape index (κ3) is 3.83. The Labute approximate surface area is 159 Å². The number of pyridine rings is 1. The summed E-state index contributed by atoms with van der Waals surface area (Å²) in [5, 5.41) is 16.1. The molecule has 28 heavy (non-hydrogen) atoms. The number of hydrogen-bond acceptors (Lipinski definition) is 8. The third-order valence-electron chi connectivity index (χ3n) is 3.82. The Morgan fingerprint density at radius 3 is 2.64 bits per heavy atom. The molecule has 3 aromatic heterocycles. The summed E-state index contributed by atoms with van der Waals surface area (Å²) in [6.45, 7) is 0.266. The highest BCUT2D eigenvalue weighted by atomic mass is 16.5. The van der Waals surface area contributed by atoms with Crippen LogP contribution in [0, 0.1) is 0 Å². The van der Waals surface area contributed by atoms with E-state index in [0.717, 1.165) is 5.56 Å². The van der Waals surface area contributed by atoms with E-state index in [9.17, 15) is 4.79 Å². The molecule has 0 aliphatic rings. The minimum absolute atomic E-state index is 0.137. The van der Waals surface area contributed by atoms with Crippen LogP contribution in [0.3, 0.4) is 0 Å². The Balaban J connectivity index is 1.48. The number of aromatic nitrogens is 5. The molecule has 0 unspecified atom stereocenters. The number of hydrogen-bond donors (Lipinski definition) is 2. The van der Waals surface area contributed by atoms with Gasteiger partial charge in [0.05, 0.1) is 23.5 Å². The van der Waals surface area contributed by atoms with Gasteiger partial charge in [-0.3, -0.25) is 4.98 Å². The fourth-order valence-corrected chi connectivity index (χ4v) is 2.47. The van der Waals surface area contributed by atoms with Gasteiger partial charge in [0, 0.05) is 18.0 Å². The zero-order valence-corrected chi connectivity index (χ0v) is 14.5. The van der Waals surface area contributed by atoms with E-state index >= 15 is 0 Å². The fraction of sp³-hybridized carbons (Fsp3) is 0.0526. The molecule has 0 aliphatic heterocycles. The molecule has 0 saturated carbocycles. The van der Waals surface area contributed by atoms with Crippen LogP contribution in [-0.2, 0) is 6.54 Å². The number of nitrogens with zero attached hydrogens (tertiary/aromatic N) is 5. The second kappa shape index (κ2) is 7.62. The first-order chi connectivity index (χ1) is 13.7. The quantitative estimate of drug-likeness (QED) is 0.523. The van der Waals surface area contributed by atoms with Gasteiger partial charge in [-0.15, -0.1) is 0 Å². The maximum Gasteiger partial charge on any atom is 0.335 e. The predicted octanol–water partition coefficient (Wildman–Crippen LogP) is 2.90. The maximum atomic E-state index is 11.1. The summed E-state index contributed by atoms with van der Waals surface area (Å²) >= 11 is 0. The number of carbonyl (C=O) groups is 1. The highest BCUT2D eigenvalue weighted by molar-refractivity contribution is 5.88. The van der Waals surface area contributed by atoms with Crippen LogP contribution in [0.2, 0.25) is 0 Å². The minimum atomic E-state index is -1.03. The number of carboxylic acid groups (broad SMARTS) is 1. The zero-order chi connectivity index (χ0) is 19.3. The van der Waals surface area contributed by atoms with Crippen molar-refractivity contribution in [1.29, 1.82) is 0 Å². The van der Waals surface area contributed by atoms with E-state index in [2.05, 4.69) is 30.4 Å². The van der Waals surface area contributed by atoms with Gasteiger partial charge in [0.1, 0.15) is 0 Å². The first-order valence-corrected chi connectivity index (χ1v) is 8.34. The average molecular weight is 374 g/mol. The molecule has 0 bridgehead atoms. The SMILES string of the molecule is O=C(O)c1ccnc(-c2ccnc(NCc3noc(-c4ccccc4)n3)n2)c1. The zero-order valence-electron chi connectivity index (χ0n) is 14.5. The van der Waals surface area contributed by atoms with Crippen LogP contribution in [0.1, 0.15) is 16.2 Å². The molecule has 9 heteroatoms. The standard InChI is InChI=1S/C19H14N6O3/c26-18(27)13-6-8-20-15(10-13)14-7-9-21-19(23-14)22-11-16-24-17(28-25-16)12-4-2-1-3-5-12/h1-10H,11H2,(H,26,27)(H,21,22,23). The second-order valence-corrected chi connectivity index (χ2v) is 5.74. The van der Waals surface area contributed by atoms with Crippen molar-refractivity contribution in [3.63, 3.8) is 0 Å². The third-order valence-corrected chi connectivity index (χ3v) is 3.82. The van der Waals surface area contributed by atoms with Crippen LogP contribution >= 0.6 is 0 Å². The van der Waals surface area contributed by atoms with E-state index in [4.69, 9.17) is 9.63 Å². The summed E-state index contributed by atoms with van der Waals surface area (Å²) in [4.78, 5) is 28.1. The van der Waals surface area contributed by atoms with E-state index in [1.165, 1.54) is 18.3 Å². The van der Waals surface area contributed by atoms with Crippen molar-refractivity contribution in [2.45, 2.75) is 6.54 Å². The van der Waals surface area contributed by atoms with E-state index < -0.39 is 5.97 Å². The molecule has 2 N–H and O–H groups in total. The molecule has 0 spiro atoms. The lowest BCUT2D eigenvalue weighted by atomic mass is 10.2. The summed E-state index contributed by atoms with van der Waals surface area (Å²) < 4.78 is 5.26. The summed E-state index contributed by atoms with van der Waals surface area (Å²) in [5.41, 5.74) is 1.91. The van der Waals surface area contributed by atoms with Crippen LogP contribution < -0.4 is 5.32 Å². The number of anilines is 1. The average Bonchev–Trinajstić information content (AvgIpc) is 3.22. The van der Waals surface area contributed by atoms with Crippen molar-refractivity contribution in [3.05, 3.63) is 72.3 Å². The van der Waals surface area contributed by atoms with Gasteiger partial charge >= 0.3 is 5.97 Å². The molecule has 1 aromatic carbocycles. The van der Waals surface area contributed by atoms with Crippen molar-refractivity contribution in [1.82, 2.24) is 25.1 Å². The van der Waals surface area contributed by atoms with Gasteiger partial charge in [-0.2, -0.15) is 4.98 Å². The largest absolute Gasteiger partial charge is 0.478 e. The molecule has 4 rings (SSSR count). The van der Waals surface area contributed by atoms with Crippen LogP contribution in [0.15, 0.2) is 65.4 Å². The van der Waals surface area contributed by atoms with E-state index in [1.54, 1.807) is 12.3 Å². The normalized spacial score (nSPS) is 10.6. The van der Waals surface area contributed by atoms with Crippen molar-refractivity contribution >= 4 is 11.9 Å². The molecule has 3 heterocycles. The second-order valence-electron chi connectivity index (χ2n) is 5.74. The van der Waals surface area contributed by atoms with E-state index in [-0.39, 0.29) is 12.1 Å². The monoisotopic (exact) mass is 374 g/mol. The van der Waals surface area contributed by atoms with Gasteiger partial charge in [0.15, 0.2) is 5.82 Å². The van der Waals surface area contributed by atoms with Crippen molar-refractivity contribution in [3.8, 4) is 22.8 Å². The molecule has 0 amide bonds. The van der Waals surface area contributed by atoms with Crippen LogP contribution in [0.5, 0.6) is 0 Å². The van der Waals surface area contributed by atoms with Gasteiger partial charge in [0.2, 0.25) is 5.95 Å². The van der Waals surface area contributed by atoms with Gasteiger partial charge in [-0.1, -0.05) is 23.4 Å². The molecular weight excluding hydrogens is 360 g/mol. The van der Waals surface area contributed by atoms with Gasteiger partial charge in [-0.25, -0.2) is 14.8 Å². The van der Waals surface area contributed by atoms with Crippen LogP contribution in [-0.4, -0.2) is 36.2 Å². The summed E-state index contributed by atoms with van der Waals surface area (Å²) in [6, 6.07) is 14.0. The Morgan fingerprint density at radius 2 is 1.82 bits per heavy atom. The smallest absolute Gasteiger partial charge is 0.335 e. The molecule has 9 nitrogen and oxygen atoms in total. The lowest BCUT2D eigenvalue weighted by Crippen LogP contribution is -2.05. The van der Waals surface area contributed by atoms with Gasteiger partial charge in [0.25, 0.3) is 5.89 Å². The van der Waals surface area contributed by atoms with Crippen LogP contribution in [0.4, 0.5) is 5.95 Å².